The van der Waals surface area contributed by atoms with Gasteiger partial charge in [-0.1, -0.05) is 30.9 Å². The molecule has 1 saturated carbocycles. The normalized spacial score (nSPS) is 22.7. The quantitative estimate of drug-likeness (QED) is 0.393. The molecule has 1 aliphatic carbocycles. The summed E-state index contributed by atoms with van der Waals surface area (Å²) in [6.07, 6.45) is 9.87. The van der Waals surface area contributed by atoms with Crippen molar-refractivity contribution in [3.63, 3.8) is 0 Å². The van der Waals surface area contributed by atoms with Gasteiger partial charge in [-0.15, -0.1) is 0 Å². The fraction of sp³-hybridized carbons (Fsp3) is 0.464. The van der Waals surface area contributed by atoms with Crippen molar-refractivity contribution in [2.75, 3.05) is 19.6 Å². The Morgan fingerprint density at radius 3 is 2.40 bits per heavy atom. The highest BCUT2D eigenvalue weighted by Gasteiger charge is 2.60. The molecule has 2 aliphatic heterocycles. The summed E-state index contributed by atoms with van der Waals surface area (Å²) in [5.74, 6) is -0.255. The molecular formula is C28H32ClFN4O. The van der Waals surface area contributed by atoms with Gasteiger partial charge in [0.25, 0.3) is 0 Å². The van der Waals surface area contributed by atoms with E-state index in [0.29, 0.717) is 11.6 Å². The molecule has 1 atom stereocenters. The van der Waals surface area contributed by atoms with Gasteiger partial charge in [0.05, 0.1) is 11.1 Å². The number of rotatable bonds is 4. The third kappa shape index (κ3) is 3.56. The van der Waals surface area contributed by atoms with E-state index in [1.165, 1.54) is 18.6 Å². The molecule has 0 bridgehead atoms. The summed E-state index contributed by atoms with van der Waals surface area (Å²) in [6.45, 7) is 4.63. The zero-order chi connectivity index (χ0) is 24.2. The standard InChI is InChI=1S/C28H32ClFN4O/c1-2-33-27(35)34(31-16-6-3-7-17-31)26(28(33)14-4-5-15-28)24-19-32(22-11-9-21(30)10-12-22)25-13-8-20(29)18-23(24)25/h8-13,18-19,26H,2-7,14-17H2,1H3. The van der Waals surface area contributed by atoms with Gasteiger partial charge < -0.3 is 9.47 Å². The maximum Gasteiger partial charge on any atom is 0.335 e. The third-order valence-electron chi connectivity index (χ3n) is 8.34. The number of hydrogen-bond donors (Lipinski definition) is 0. The molecule has 3 aromatic rings. The molecule has 35 heavy (non-hydrogen) atoms. The molecule has 3 heterocycles. The van der Waals surface area contributed by atoms with Crippen molar-refractivity contribution in [3.05, 3.63) is 65.1 Å². The first-order chi connectivity index (χ1) is 17.0. The van der Waals surface area contributed by atoms with Crippen molar-refractivity contribution in [1.29, 1.82) is 0 Å². The monoisotopic (exact) mass is 494 g/mol. The Labute approximate surface area is 211 Å². The van der Waals surface area contributed by atoms with Gasteiger partial charge in [0.2, 0.25) is 0 Å². The van der Waals surface area contributed by atoms with Gasteiger partial charge >= 0.3 is 6.03 Å². The molecule has 1 unspecified atom stereocenters. The number of hydrogen-bond acceptors (Lipinski definition) is 2. The fourth-order valence-electron chi connectivity index (χ4n) is 6.84. The Hall–Kier alpha value is -2.57. The molecule has 0 radical (unpaired) electrons. The van der Waals surface area contributed by atoms with Gasteiger partial charge in [-0.2, -0.15) is 0 Å². The van der Waals surface area contributed by atoms with Crippen molar-refractivity contribution in [2.24, 2.45) is 0 Å². The number of carbonyl (C=O) groups is 1. The van der Waals surface area contributed by atoms with Gasteiger partial charge in [-0.05, 0) is 75.1 Å². The number of hydrazine groups is 1. The molecule has 7 heteroatoms. The lowest BCUT2D eigenvalue weighted by Gasteiger charge is -2.41. The van der Waals surface area contributed by atoms with E-state index in [1.54, 1.807) is 12.1 Å². The van der Waals surface area contributed by atoms with Crippen LogP contribution in [0.4, 0.5) is 9.18 Å². The van der Waals surface area contributed by atoms with Gasteiger partial charge in [-0.25, -0.2) is 19.2 Å². The Bertz CT molecular complexity index is 1240. The number of fused-ring (bicyclic) bond motifs is 1. The number of benzene rings is 2. The smallest absolute Gasteiger partial charge is 0.316 e. The molecule has 1 aromatic heterocycles. The average molecular weight is 495 g/mol. The Morgan fingerprint density at radius 2 is 1.71 bits per heavy atom. The highest BCUT2D eigenvalue weighted by Crippen LogP contribution is 2.54. The summed E-state index contributed by atoms with van der Waals surface area (Å²) < 4.78 is 15.8. The third-order valence-corrected chi connectivity index (χ3v) is 8.57. The van der Waals surface area contributed by atoms with Gasteiger partial charge in [0.1, 0.15) is 11.9 Å². The number of piperidine rings is 1. The molecular weight excluding hydrogens is 463 g/mol. The van der Waals surface area contributed by atoms with E-state index in [1.807, 2.05) is 18.2 Å². The molecule has 3 fully saturated rings. The molecule has 3 aliphatic rings. The number of halogens is 2. The van der Waals surface area contributed by atoms with Gasteiger partial charge in [0, 0.05) is 47.5 Å². The number of likely N-dealkylation sites (N-methyl/N-ethyl adjacent to an activating group) is 1. The lowest BCUT2D eigenvalue weighted by molar-refractivity contribution is -0.0289. The number of nitrogens with zero attached hydrogens (tertiary/aromatic N) is 4. The van der Waals surface area contributed by atoms with Crippen molar-refractivity contribution >= 4 is 28.5 Å². The molecule has 2 saturated heterocycles. The van der Waals surface area contributed by atoms with E-state index in [0.717, 1.165) is 73.8 Å². The zero-order valence-electron chi connectivity index (χ0n) is 20.2. The predicted molar refractivity (Wildman–Crippen MR) is 137 cm³/mol. The van der Waals surface area contributed by atoms with Gasteiger partial charge in [-0.3, -0.25) is 0 Å². The minimum Gasteiger partial charge on any atom is -0.316 e. The second-order valence-corrected chi connectivity index (χ2v) is 10.6. The summed E-state index contributed by atoms with van der Waals surface area (Å²) in [5, 5.41) is 6.14. The van der Waals surface area contributed by atoms with Crippen molar-refractivity contribution in [1.82, 2.24) is 19.5 Å². The van der Waals surface area contributed by atoms with Crippen LogP contribution in [0.25, 0.3) is 16.6 Å². The van der Waals surface area contributed by atoms with E-state index >= 15 is 0 Å². The van der Waals surface area contributed by atoms with Crippen LogP contribution in [0.15, 0.2) is 48.7 Å². The molecule has 1 spiro atoms. The summed E-state index contributed by atoms with van der Waals surface area (Å²) in [4.78, 5) is 16.2. The summed E-state index contributed by atoms with van der Waals surface area (Å²) >= 11 is 6.53. The number of amides is 2. The van der Waals surface area contributed by atoms with Crippen molar-refractivity contribution in [3.8, 4) is 5.69 Å². The van der Waals surface area contributed by atoms with Crippen LogP contribution >= 0.6 is 11.6 Å². The predicted octanol–water partition coefficient (Wildman–Crippen LogP) is 6.94. The molecule has 2 aromatic carbocycles. The van der Waals surface area contributed by atoms with Crippen LogP contribution in [0.2, 0.25) is 5.02 Å². The molecule has 6 rings (SSSR count). The van der Waals surface area contributed by atoms with Crippen LogP contribution in [0.1, 0.15) is 63.5 Å². The highest BCUT2D eigenvalue weighted by molar-refractivity contribution is 6.31. The second-order valence-electron chi connectivity index (χ2n) is 10.2. The first-order valence-corrected chi connectivity index (χ1v) is 13.3. The van der Waals surface area contributed by atoms with Crippen molar-refractivity contribution in [2.45, 2.75) is 63.5 Å². The second kappa shape index (κ2) is 8.82. The van der Waals surface area contributed by atoms with Crippen LogP contribution in [0, 0.1) is 5.82 Å². The molecule has 2 amide bonds. The first kappa shape index (κ1) is 22.9. The van der Waals surface area contributed by atoms with Crippen molar-refractivity contribution < 1.29 is 9.18 Å². The number of aromatic nitrogens is 1. The van der Waals surface area contributed by atoms with E-state index in [9.17, 15) is 9.18 Å². The molecule has 5 nitrogen and oxygen atoms in total. The van der Waals surface area contributed by atoms with E-state index in [-0.39, 0.29) is 23.4 Å². The van der Waals surface area contributed by atoms with Crippen LogP contribution in [0.5, 0.6) is 0 Å². The number of urea groups is 1. The lowest BCUT2D eigenvalue weighted by atomic mass is 9.83. The maximum atomic E-state index is 14.0. The molecule has 0 N–H and O–H groups in total. The Balaban J connectivity index is 1.58. The average Bonchev–Trinajstić information content (AvgIpc) is 3.55. The summed E-state index contributed by atoms with van der Waals surface area (Å²) in [6, 6.07) is 12.6. The first-order valence-electron chi connectivity index (χ1n) is 13.0. The highest BCUT2D eigenvalue weighted by atomic mass is 35.5. The maximum absolute atomic E-state index is 14.0. The largest absolute Gasteiger partial charge is 0.335 e. The molecule has 184 valence electrons. The Morgan fingerprint density at radius 1 is 1.00 bits per heavy atom. The van der Waals surface area contributed by atoms with Crippen LogP contribution in [0.3, 0.4) is 0 Å². The number of carbonyl (C=O) groups excluding carboxylic acids is 1. The minimum atomic E-state index is -0.255. The zero-order valence-corrected chi connectivity index (χ0v) is 21.0. The fourth-order valence-corrected chi connectivity index (χ4v) is 7.01. The van der Waals surface area contributed by atoms with E-state index in [2.05, 4.69) is 32.6 Å². The lowest BCUT2D eigenvalue weighted by Crippen LogP contribution is -2.49. The summed E-state index contributed by atoms with van der Waals surface area (Å²) in [5.41, 5.74) is 2.81. The Kier molecular flexibility index (Phi) is 5.76. The van der Waals surface area contributed by atoms with Crippen LogP contribution in [-0.2, 0) is 0 Å². The SMILES string of the molecule is CCN1C(=O)N(N2CCCCC2)C(c2cn(-c3ccc(F)cc3)c3ccc(Cl)cc23)C12CCCC2. The topological polar surface area (TPSA) is 31.7 Å². The van der Waals surface area contributed by atoms with E-state index in [4.69, 9.17) is 11.6 Å². The van der Waals surface area contributed by atoms with Gasteiger partial charge in [0.15, 0.2) is 0 Å². The van der Waals surface area contributed by atoms with Crippen LogP contribution in [-0.4, -0.2) is 50.7 Å². The van der Waals surface area contributed by atoms with Crippen LogP contribution < -0.4 is 0 Å². The minimum absolute atomic E-state index is 0.0850. The summed E-state index contributed by atoms with van der Waals surface area (Å²) in [7, 11) is 0. The van der Waals surface area contributed by atoms with E-state index < -0.39 is 0 Å².